The van der Waals surface area contributed by atoms with Gasteiger partial charge in [0.1, 0.15) is 5.52 Å². The third-order valence-electron chi connectivity index (χ3n) is 4.74. The number of hydrogen-bond donors (Lipinski definition) is 0. The molecule has 0 radical (unpaired) electrons. The zero-order valence-corrected chi connectivity index (χ0v) is 15.8. The smallest absolute Gasteiger partial charge is 0.240 e. The van der Waals surface area contributed by atoms with Crippen LogP contribution in [0.1, 0.15) is 38.2 Å². The van der Waals surface area contributed by atoms with Crippen LogP contribution in [0.4, 0.5) is 5.82 Å². The summed E-state index contributed by atoms with van der Waals surface area (Å²) in [4.78, 5) is 13.6. The van der Waals surface area contributed by atoms with Gasteiger partial charge in [0.25, 0.3) is 0 Å². The summed E-state index contributed by atoms with van der Waals surface area (Å²) in [5.41, 5.74) is 2.17. The van der Waals surface area contributed by atoms with Crippen molar-refractivity contribution in [2.45, 2.75) is 39.7 Å². The van der Waals surface area contributed by atoms with Crippen LogP contribution in [0.5, 0.6) is 0 Å². The lowest BCUT2D eigenvalue weighted by molar-refractivity contribution is 0.215. The minimum Gasteiger partial charge on any atom is -0.352 e. The SMILES string of the molecule is Cc1noc(CN2CCN(c3nccn4nc(C(C)(C)C)cc34)CC2)n1. The van der Waals surface area contributed by atoms with E-state index in [-0.39, 0.29) is 5.41 Å². The van der Waals surface area contributed by atoms with Gasteiger partial charge in [0.05, 0.1) is 12.2 Å². The van der Waals surface area contributed by atoms with E-state index in [1.807, 2.05) is 23.8 Å². The average Bonchev–Trinajstić information content (AvgIpc) is 3.21. The Morgan fingerprint density at radius 3 is 2.58 bits per heavy atom. The number of fused-ring (bicyclic) bond motifs is 1. The van der Waals surface area contributed by atoms with Crippen LogP contribution in [0.25, 0.3) is 5.52 Å². The fourth-order valence-corrected chi connectivity index (χ4v) is 3.23. The van der Waals surface area contributed by atoms with E-state index in [9.17, 15) is 0 Å². The molecular weight excluding hydrogens is 330 g/mol. The van der Waals surface area contributed by atoms with Crippen molar-refractivity contribution in [2.24, 2.45) is 0 Å². The number of nitrogens with zero attached hydrogens (tertiary/aromatic N) is 7. The summed E-state index contributed by atoms with van der Waals surface area (Å²) in [6.07, 6.45) is 3.75. The number of aryl methyl sites for hydroxylation is 1. The summed E-state index contributed by atoms with van der Waals surface area (Å²) < 4.78 is 7.17. The Hall–Kier alpha value is -2.48. The lowest BCUT2D eigenvalue weighted by Crippen LogP contribution is -2.46. The summed E-state index contributed by atoms with van der Waals surface area (Å²) in [5, 5.41) is 8.58. The van der Waals surface area contributed by atoms with E-state index in [0.29, 0.717) is 18.3 Å². The van der Waals surface area contributed by atoms with Gasteiger partial charge in [-0.15, -0.1) is 0 Å². The summed E-state index contributed by atoms with van der Waals surface area (Å²) >= 11 is 0. The number of piperazine rings is 1. The third-order valence-corrected chi connectivity index (χ3v) is 4.74. The Kier molecular flexibility index (Phi) is 4.14. The molecule has 0 aliphatic carbocycles. The molecule has 4 rings (SSSR count). The van der Waals surface area contributed by atoms with Crippen molar-refractivity contribution in [3.63, 3.8) is 0 Å². The summed E-state index contributed by atoms with van der Waals surface area (Å²) in [7, 11) is 0. The Balaban J connectivity index is 1.49. The molecule has 8 heteroatoms. The lowest BCUT2D eigenvalue weighted by Gasteiger charge is -2.34. The first-order valence-electron chi connectivity index (χ1n) is 9.01. The Bertz CT molecular complexity index is 900. The molecule has 0 unspecified atom stereocenters. The van der Waals surface area contributed by atoms with Crippen LogP contribution in [-0.2, 0) is 12.0 Å². The highest BCUT2D eigenvalue weighted by Gasteiger charge is 2.24. The topological polar surface area (TPSA) is 75.6 Å². The van der Waals surface area contributed by atoms with Crippen molar-refractivity contribution >= 4 is 11.3 Å². The molecule has 1 aliphatic heterocycles. The second-order valence-corrected chi connectivity index (χ2v) is 7.86. The fraction of sp³-hybridized carbons (Fsp3) is 0.556. The van der Waals surface area contributed by atoms with Crippen LogP contribution in [-0.4, -0.2) is 55.8 Å². The second kappa shape index (κ2) is 6.35. The molecule has 0 bridgehead atoms. The maximum Gasteiger partial charge on any atom is 0.240 e. The Morgan fingerprint density at radius 1 is 1.15 bits per heavy atom. The first-order chi connectivity index (χ1) is 12.4. The maximum absolute atomic E-state index is 5.23. The average molecular weight is 355 g/mol. The third kappa shape index (κ3) is 3.29. The summed E-state index contributed by atoms with van der Waals surface area (Å²) in [5.74, 6) is 2.37. The van der Waals surface area contributed by atoms with Crippen LogP contribution < -0.4 is 4.90 Å². The lowest BCUT2D eigenvalue weighted by atomic mass is 9.92. The zero-order chi connectivity index (χ0) is 18.3. The van der Waals surface area contributed by atoms with Crippen molar-refractivity contribution in [3.05, 3.63) is 35.9 Å². The van der Waals surface area contributed by atoms with Crippen LogP contribution in [0.2, 0.25) is 0 Å². The molecule has 4 heterocycles. The van der Waals surface area contributed by atoms with Crippen LogP contribution in [0, 0.1) is 6.92 Å². The zero-order valence-electron chi connectivity index (χ0n) is 15.8. The molecular formula is C18H25N7O. The van der Waals surface area contributed by atoms with E-state index in [2.05, 4.69) is 51.8 Å². The van der Waals surface area contributed by atoms with Gasteiger partial charge in [-0.1, -0.05) is 25.9 Å². The van der Waals surface area contributed by atoms with Crippen molar-refractivity contribution in [1.29, 1.82) is 0 Å². The normalized spacial score (nSPS) is 16.5. The molecule has 1 aliphatic rings. The largest absolute Gasteiger partial charge is 0.352 e. The molecule has 1 saturated heterocycles. The highest BCUT2D eigenvalue weighted by molar-refractivity contribution is 5.69. The standard InChI is InChI=1S/C18H25N7O/c1-13-20-16(26-22-13)12-23-7-9-24(10-8-23)17-14-11-15(18(2,3)4)21-25(14)6-5-19-17/h5-6,11H,7-10,12H2,1-4H3. The minimum absolute atomic E-state index is 0.0181. The monoisotopic (exact) mass is 355 g/mol. The first-order valence-corrected chi connectivity index (χ1v) is 9.01. The number of rotatable bonds is 3. The van der Waals surface area contributed by atoms with Gasteiger partial charge in [-0.05, 0) is 13.0 Å². The van der Waals surface area contributed by atoms with Gasteiger partial charge < -0.3 is 9.42 Å². The Morgan fingerprint density at radius 2 is 1.92 bits per heavy atom. The number of hydrogen-bond acceptors (Lipinski definition) is 7. The second-order valence-electron chi connectivity index (χ2n) is 7.86. The molecule has 8 nitrogen and oxygen atoms in total. The van der Waals surface area contributed by atoms with E-state index < -0.39 is 0 Å². The van der Waals surface area contributed by atoms with Gasteiger partial charge in [-0.25, -0.2) is 9.50 Å². The maximum atomic E-state index is 5.23. The van der Waals surface area contributed by atoms with Gasteiger partial charge in [0, 0.05) is 44.0 Å². The fourth-order valence-electron chi connectivity index (χ4n) is 3.23. The predicted molar refractivity (Wildman–Crippen MR) is 98.2 cm³/mol. The van der Waals surface area contributed by atoms with Gasteiger partial charge >= 0.3 is 0 Å². The molecule has 0 amide bonds. The molecule has 138 valence electrons. The van der Waals surface area contributed by atoms with E-state index >= 15 is 0 Å². The molecule has 26 heavy (non-hydrogen) atoms. The van der Waals surface area contributed by atoms with Gasteiger partial charge in [0.2, 0.25) is 5.89 Å². The minimum atomic E-state index is 0.0181. The van der Waals surface area contributed by atoms with E-state index in [1.165, 1.54) is 0 Å². The molecule has 3 aromatic rings. The van der Waals surface area contributed by atoms with Gasteiger partial charge in [0.15, 0.2) is 11.6 Å². The Labute approximate surface area is 152 Å². The number of aromatic nitrogens is 5. The van der Waals surface area contributed by atoms with Crippen molar-refractivity contribution in [2.75, 3.05) is 31.1 Å². The summed E-state index contributed by atoms with van der Waals surface area (Å²) in [6.45, 7) is 12.8. The quantitative estimate of drug-likeness (QED) is 0.711. The molecule has 0 N–H and O–H groups in total. The van der Waals surface area contributed by atoms with Crippen molar-refractivity contribution in [1.82, 2.24) is 29.6 Å². The molecule has 3 aromatic heterocycles. The molecule has 0 saturated carbocycles. The van der Waals surface area contributed by atoms with Crippen LogP contribution in [0.15, 0.2) is 23.0 Å². The number of anilines is 1. The van der Waals surface area contributed by atoms with Crippen LogP contribution in [0.3, 0.4) is 0 Å². The molecule has 0 atom stereocenters. The van der Waals surface area contributed by atoms with Gasteiger partial charge in [-0.3, -0.25) is 4.90 Å². The first kappa shape index (κ1) is 17.0. The van der Waals surface area contributed by atoms with Crippen LogP contribution >= 0.6 is 0 Å². The predicted octanol–water partition coefficient (Wildman–Crippen LogP) is 2.04. The summed E-state index contributed by atoms with van der Waals surface area (Å²) in [6, 6.07) is 2.16. The highest BCUT2D eigenvalue weighted by Crippen LogP contribution is 2.26. The molecule has 1 fully saturated rings. The van der Waals surface area contributed by atoms with Crippen molar-refractivity contribution < 1.29 is 4.52 Å². The van der Waals surface area contributed by atoms with E-state index in [0.717, 1.165) is 43.2 Å². The molecule has 0 aromatic carbocycles. The van der Waals surface area contributed by atoms with Gasteiger partial charge in [-0.2, -0.15) is 10.1 Å². The highest BCUT2D eigenvalue weighted by atomic mass is 16.5. The van der Waals surface area contributed by atoms with E-state index in [4.69, 9.17) is 9.62 Å². The van der Waals surface area contributed by atoms with E-state index in [1.54, 1.807) is 0 Å². The molecule has 0 spiro atoms. The van der Waals surface area contributed by atoms with Crippen molar-refractivity contribution in [3.8, 4) is 0 Å².